The average molecular weight is 338 g/mol. The van der Waals surface area contributed by atoms with E-state index in [-0.39, 0.29) is 17.0 Å². The summed E-state index contributed by atoms with van der Waals surface area (Å²) in [6.45, 7) is 10.4. The van der Waals surface area contributed by atoms with Gasteiger partial charge in [0.2, 0.25) is 0 Å². The lowest BCUT2D eigenvalue weighted by Crippen LogP contribution is -2.16. The van der Waals surface area contributed by atoms with Gasteiger partial charge in [0.1, 0.15) is 11.5 Å². The molecule has 2 aromatic carbocycles. The van der Waals surface area contributed by atoms with E-state index in [9.17, 15) is 9.18 Å². The number of hydrogen-bond donors (Lipinski definition) is 0. The van der Waals surface area contributed by atoms with Gasteiger partial charge in [0.25, 0.3) is 0 Å². The van der Waals surface area contributed by atoms with Crippen molar-refractivity contribution in [3.8, 4) is 11.1 Å². The highest BCUT2D eigenvalue weighted by Gasteiger charge is 2.19. The van der Waals surface area contributed by atoms with Gasteiger partial charge in [-0.15, -0.1) is 0 Å². The van der Waals surface area contributed by atoms with Crippen molar-refractivity contribution < 1.29 is 9.18 Å². The van der Waals surface area contributed by atoms with Crippen LogP contribution >= 0.6 is 0 Å². The zero-order valence-electron chi connectivity index (χ0n) is 15.4. The number of fused-ring (bicyclic) bond motifs is 1. The Morgan fingerprint density at radius 2 is 1.76 bits per heavy atom. The van der Waals surface area contributed by atoms with Gasteiger partial charge in [-0.25, -0.2) is 4.39 Å². The highest BCUT2D eigenvalue weighted by atomic mass is 19.1. The van der Waals surface area contributed by atoms with E-state index in [1.807, 2.05) is 28.9 Å². The minimum absolute atomic E-state index is 0.0474. The maximum absolute atomic E-state index is 13.9. The van der Waals surface area contributed by atoms with E-state index in [1.54, 1.807) is 13.0 Å². The van der Waals surface area contributed by atoms with Gasteiger partial charge in [-0.3, -0.25) is 9.48 Å². The summed E-state index contributed by atoms with van der Waals surface area (Å²) in [6, 6.07) is 11.0. The topological polar surface area (TPSA) is 34.9 Å². The second-order valence-electron chi connectivity index (χ2n) is 7.82. The minimum atomic E-state index is -0.229. The summed E-state index contributed by atoms with van der Waals surface area (Å²) in [7, 11) is 0. The molecule has 0 unspecified atom stereocenters. The molecule has 130 valence electrons. The summed E-state index contributed by atoms with van der Waals surface area (Å²) in [4.78, 5) is 12.0. The van der Waals surface area contributed by atoms with Crippen LogP contribution in [0.25, 0.3) is 22.0 Å². The molecule has 25 heavy (non-hydrogen) atoms. The summed E-state index contributed by atoms with van der Waals surface area (Å²) in [5.74, 6) is -0.294. The lowest BCUT2D eigenvalue weighted by atomic mass is 9.97. The third-order valence-corrected chi connectivity index (χ3v) is 4.21. The van der Waals surface area contributed by atoms with Crippen LogP contribution in [-0.4, -0.2) is 15.6 Å². The fourth-order valence-corrected chi connectivity index (χ4v) is 2.96. The Bertz CT molecular complexity index is 964. The highest BCUT2D eigenvalue weighted by Crippen LogP contribution is 2.29. The maximum Gasteiger partial charge on any atom is 0.180 e. The molecule has 4 heteroatoms. The van der Waals surface area contributed by atoms with E-state index in [1.165, 1.54) is 13.0 Å². The second kappa shape index (κ2) is 6.10. The zero-order chi connectivity index (χ0) is 18.4. The van der Waals surface area contributed by atoms with Gasteiger partial charge in [-0.2, -0.15) is 5.10 Å². The SMILES string of the molecule is CC(=O)c1nn(CC(C)(C)C)c2ccc(-c3ccc(C)c(F)c3)cc12. The van der Waals surface area contributed by atoms with Gasteiger partial charge >= 0.3 is 0 Å². The van der Waals surface area contributed by atoms with E-state index in [4.69, 9.17) is 0 Å². The molecule has 0 aliphatic rings. The Balaban J connectivity index is 2.17. The largest absolute Gasteiger partial charge is 0.293 e. The van der Waals surface area contributed by atoms with Crippen LogP contribution in [0.15, 0.2) is 36.4 Å². The monoisotopic (exact) mass is 338 g/mol. The molecular formula is C21H23FN2O. The third-order valence-electron chi connectivity index (χ3n) is 4.21. The first-order chi connectivity index (χ1) is 11.7. The van der Waals surface area contributed by atoms with Gasteiger partial charge in [-0.1, -0.05) is 39.0 Å². The molecule has 0 fully saturated rings. The van der Waals surface area contributed by atoms with Crippen molar-refractivity contribution in [2.24, 2.45) is 5.41 Å². The van der Waals surface area contributed by atoms with Crippen molar-refractivity contribution in [3.05, 3.63) is 53.5 Å². The van der Waals surface area contributed by atoms with Crippen LogP contribution in [0.5, 0.6) is 0 Å². The van der Waals surface area contributed by atoms with Gasteiger partial charge < -0.3 is 0 Å². The smallest absolute Gasteiger partial charge is 0.180 e. The van der Waals surface area contributed by atoms with E-state index in [2.05, 4.69) is 25.9 Å². The van der Waals surface area contributed by atoms with Crippen LogP contribution < -0.4 is 0 Å². The number of Topliss-reactive ketones (excluding diaryl/α,β-unsaturated/α-hetero) is 1. The van der Waals surface area contributed by atoms with E-state index >= 15 is 0 Å². The Morgan fingerprint density at radius 1 is 1.12 bits per heavy atom. The Kier molecular flexibility index (Phi) is 4.23. The zero-order valence-corrected chi connectivity index (χ0v) is 15.4. The Hall–Kier alpha value is -2.49. The number of hydrogen-bond acceptors (Lipinski definition) is 2. The summed E-state index contributed by atoms with van der Waals surface area (Å²) < 4.78 is 15.8. The summed E-state index contributed by atoms with van der Waals surface area (Å²) in [6.07, 6.45) is 0. The molecule has 0 N–H and O–H groups in total. The van der Waals surface area contributed by atoms with E-state index in [0.29, 0.717) is 11.3 Å². The quantitative estimate of drug-likeness (QED) is 0.599. The number of aromatic nitrogens is 2. The first kappa shape index (κ1) is 17.3. The number of ketones is 1. The summed E-state index contributed by atoms with van der Waals surface area (Å²) in [5.41, 5.74) is 3.73. The molecule has 3 rings (SSSR count). The predicted molar refractivity (Wildman–Crippen MR) is 99.3 cm³/mol. The van der Waals surface area contributed by atoms with E-state index in [0.717, 1.165) is 28.6 Å². The highest BCUT2D eigenvalue weighted by molar-refractivity contribution is 6.05. The second-order valence-corrected chi connectivity index (χ2v) is 7.82. The van der Waals surface area contributed by atoms with Gasteiger partial charge in [0.15, 0.2) is 5.78 Å². The van der Waals surface area contributed by atoms with Crippen LogP contribution in [0.1, 0.15) is 43.7 Å². The number of halogens is 1. The first-order valence-electron chi connectivity index (χ1n) is 8.44. The van der Waals surface area contributed by atoms with Crippen molar-refractivity contribution in [1.82, 2.24) is 9.78 Å². The summed E-state index contributed by atoms with van der Waals surface area (Å²) in [5, 5.41) is 5.35. The summed E-state index contributed by atoms with van der Waals surface area (Å²) >= 11 is 0. The average Bonchev–Trinajstić information content (AvgIpc) is 2.86. The van der Waals surface area contributed by atoms with Crippen LogP contribution in [-0.2, 0) is 6.54 Å². The van der Waals surface area contributed by atoms with Crippen LogP contribution in [0.3, 0.4) is 0 Å². The Labute approximate surface area is 147 Å². The molecule has 1 heterocycles. The van der Waals surface area contributed by atoms with Crippen molar-refractivity contribution in [3.63, 3.8) is 0 Å². The molecule has 0 atom stereocenters. The minimum Gasteiger partial charge on any atom is -0.293 e. The lowest BCUT2D eigenvalue weighted by molar-refractivity contribution is 0.101. The molecule has 3 aromatic rings. The van der Waals surface area contributed by atoms with Crippen LogP contribution in [0.2, 0.25) is 0 Å². The number of aryl methyl sites for hydroxylation is 1. The normalized spacial score (nSPS) is 11.9. The predicted octanol–water partition coefficient (Wildman–Crippen LogP) is 5.40. The molecule has 0 saturated heterocycles. The number of rotatable bonds is 3. The number of nitrogens with zero attached hydrogens (tertiary/aromatic N) is 2. The number of carbonyl (C=O) groups is 1. The molecule has 0 radical (unpaired) electrons. The molecule has 0 aliphatic carbocycles. The standard InChI is InChI=1S/C21H23FN2O/c1-13-6-7-16(11-18(13)22)15-8-9-19-17(10-15)20(14(2)25)23-24(19)12-21(3,4)5/h6-11H,12H2,1-5H3. The fraction of sp³-hybridized carbons (Fsp3) is 0.333. The van der Waals surface area contributed by atoms with Gasteiger partial charge in [0, 0.05) is 18.9 Å². The molecular weight excluding hydrogens is 315 g/mol. The lowest BCUT2D eigenvalue weighted by Gasteiger charge is -2.18. The van der Waals surface area contributed by atoms with Crippen molar-refractivity contribution in [2.45, 2.75) is 41.2 Å². The van der Waals surface area contributed by atoms with Crippen molar-refractivity contribution >= 4 is 16.7 Å². The molecule has 1 aromatic heterocycles. The van der Waals surface area contributed by atoms with Crippen LogP contribution in [0, 0.1) is 18.2 Å². The molecule has 0 bridgehead atoms. The molecule has 0 saturated carbocycles. The van der Waals surface area contributed by atoms with E-state index < -0.39 is 0 Å². The van der Waals surface area contributed by atoms with Gasteiger partial charge in [0.05, 0.1) is 5.52 Å². The van der Waals surface area contributed by atoms with Gasteiger partial charge in [-0.05, 0) is 47.2 Å². The number of benzene rings is 2. The molecule has 0 amide bonds. The number of carbonyl (C=O) groups excluding carboxylic acids is 1. The Morgan fingerprint density at radius 3 is 2.36 bits per heavy atom. The first-order valence-corrected chi connectivity index (χ1v) is 8.44. The fourth-order valence-electron chi connectivity index (χ4n) is 2.96. The maximum atomic E-state index is 13.9. The van der Waals surface area contributed by atoms with Crippen LogP contribution in [0.4, 0.5) is 4.39 Å². The molecule has 0 aliphatic heterocycles. The molecule has 0 spiro atoms. The molecule has 3 nitrogen and oxygen atoms in total. The third kappa shape index (κ3) is 3.48. The van der Waals surface area contributed by atoms with Crippen molar-refractivity contribution in [1.29, 1.82) is 0 Å². The van der Waals surface area contributed by atoms with Crippen molar-refractivity contribution in [2.75, 3.05) is 0 Å².